The summed E-state index contributed by atoms with van der Waals surface area (Å²) in [5.74, 6) is -0.0145. The summed E-state index contributed by atoms with van der Waals surface area (Å²) in [6, 6.07) is -0.541. The number of hydrogen-bond donors (Lipinski definition) is 3. The molecule has 0 saturated heterocycles. The van der Waals surface area contributed by atoms with Crippen molar-refractivity contribution < 1.29 is 24.5 Å². The van der Waals surface area contributed by atoms with E-state index in [4.69, 9.17) is 4.74 Å². The lowest BCUT2D eigenvalue weighted by Crippen LogP contribution is -2.45. The Balaban J connectivity index is 3.38. The van der Waals surface area contributed by atoms with Crippen molar-refractivity contribution in [3.8, 4) is 0 Å². The van der Waals surface area contributed by atoms with Gasteiger partial charge in [0, 0.05) is 12.8 Å². The third-order valence-corrected chi connectivity index (χ3v) is 17.0. The highest BCUT2D eigenvalue weighted by Gasteiger charge is 2.20. The van der Waals surface area contributed by atoms with Gasteiger partial charge in [0.15, 0.2) is 0 Å². The quantitative estimate of drug-likeness (QED) is 0.0320. The fraction of sp³-hybridized carbons (Fsp3) is 0.918. The first-order valence-electron chi connectivity index (χ1n) is 36.1. The number of amides is 1. The fourth-order valence-electron chi connectivity index (χ4n) is 11.5. The number of allylic oxidation sites excluding steroid dienone is 4. The van der Waals surface area contributed by atoms with Crippen molar-refractivity contribution in [3.05, 3.63) is 24.3 Å². The van der Waals surface area contributed by atoms with Crippen molar-refractivity contribution in [3.63, 3.8) is 0 Å². The van der Waals surface area contributed by atoms with Crippen LogP contribution in [0.4, 0.5) is 0 Å². The van der Waals surface area contributed by atoms with Gasteiger partial charge in [-0.05, 0) is 57.8 Å². The first-order chi connectivity index (χ1) is 39.0. The Labute approximate surface area is 494 Å². The Bertz CT molecular complexity index is 1230. The molecule has 3 N–H and O–H groups in total. The van der Waals surface area contributed by atoms with Crippen molar-refractivity contribution in [2.24, 2.45) is 0 Å². The standard InChI is InChI=1S/C73H141NO5/c1-3-5-7-9-11-13-15-17-19-35-38-41-45-49-53-57-61-65-71(76)70(69-75)74-72(77)66-62-58-54-50-46-42-39-36-33-31-29-27-25-23-21-20-22-24-26-28-30-32-34-37-40-44-48-52-56-60-64-68-79-73(78)67-63-59-55-51-47-43-18-16-14-12-10-8-6-4-2/h22,24,28,30,70-71,75-76H,3-21,23,25-27,29,31-69H2,1-2H3,(H,74,77)/b24-22-,30-28-. The van der Waals surface area contributed by atoms with Crippen LogP contribution in [-0.2, 0) is 14.3 Å². The Morgan fingerprint density at radius 1 is 0.354 bits per heavy atom. The van der Waals surface area contributed by atoms with Crippen molar-refractivity contribution in [1.82, 2.24) is 5.32 Å². The van der Waals surface area contributed by atoms with E-state index in [9.17, 15) is 19.8 Å². The highest BCUT2D eigenvalue weighted by Crippen LogP contribution is 2.19. The molecule has 0 heterocycles. The topological polar surface area (TPSA) is 95.9 Å². The number of carbonyl (C=O) groups is 2. The molecule has 6 heteroatoms. The lowest BCUT2D eigenvalue weighted by Gasteiger charge is -2.22. The molecule has 0 aromatic rings. The van der Waals surface area contributed by atoms with E-state index in [2.05, 4.69) is 43.5 Å². The maximum Gasteiger partial charge on any atom is 0.305 e. The monoisotopic (exact) mass is 1110 g/mol. The summed E-state index contributed by atoms with van der Waals surface area (Å²) in [4.78, 5) is 24.6. The summed E-state index contributed by atoms with van der Waals surface area (Å²) >= 11 is 0. The second-order valence-corrected chi connectivity index (χ2v) is 24.9. The van der Waals surface area contributed by atoms with Crippen LogP contribution in [0.25, 0.3) is 0 Å². The molecule has 0 aliphatic rings. The molecular weight excluding hydrogens is 971 g/mol. The van der Waals surface area contributed by atoms with Crippen LogP contribution in [-0.4, -0.2) is 47.4 Å². The molecule has 0 spiro atoms. The molecule has 0 aliphatic heterocycles. The number of nitrogens with one attached hydrogen (secondary N) is 1. The van der Waals surface area contributed by atoms with Gasteiger partial charge in [0.1, 0.15) is 0 Å². The zero-order chi connectivity index (χ0) is 57.1. The van der Waals surface area contributed by atoms with Gasteiger partial charge in [-0.3, -0.25) is 9.59 Å². The zero-order valence-corrected chi connectivity index (χ0v) is 53.6. The highest BCUT2D eigenvalue weighted by molar-refractivity contribution is 5.76. The summed E-state index contributed by atoms with van der Waals surface area (Å²) in [6.07, 6.45) is 86.6. The van der Waals surface area contributed by atoms with Crippen LogP contribution in [0.15, 0.2) is 24.3 Å². The van der Waals surface area contributed by atoms with Crippen LogP contribution in [0.1, 0.15) is 406 Å². The molecule has 0 fully saturated rings. The summed E-state index contributed by atoms with van der Waals surface area (Å²) in [5.41, 5.74) is 0. The fourth-order valence-corrected chi connectivity index (χ4v) is 11.5. The third-order valence-electron chi connectivity index (χ3n) is 17.0. The van der Waals surface area contributed by atoms with E-state index >= 15 is 0 Å². The smallest absolute Gasteiger partial charge is 0.305 e. The molecule has 0 aromatic heterocycles. The number of aliphatic hydroxyl groups excluding tert-OH is 2. The Morgan fingerprint density at radius 2 is 0.633 bits per heavy atom. The van der Waals surface area contributed by atoms with Crippen LogP contribution < -0.4 is 5.32 Å². The summed E-state index contributed by atoms with van der Waals surface area (Å²) < 4.78 is 5.49. The normalized spacial score (nSPS) is 12.6. The predicted octanol–water partition coefficient (Wildman–Crippen LogP) is 23.3. The Kier molecular flexibility index (Phi) is 67.4. The van der Waals surface area contributed by atoms with Gasteiger partial charge in [-0.15, -0.1) is 0 Å². The lowest BCUT2D eigenvalue weighted by molar-refractivity contribution is -0.143. The molecule has 1 amide bonds. The maximum absolute atomic E-state index is 12.5. The number of esters is 1. The Hall–Kier alpha value is -1.66. The van der Waals surface area contributed by atoms with Gasteiger partial charge < -0.3 is 20.3 Å². The second-order valence-electron chi connectivity index (χ2n) is 24.9. The summed E-state index contributed by atoms with van der Waals surface area (Å²) in [6.45, 7) is 4.99. The van der Waals surface area contributed by atoms with E-state index in [1.165, 1.54) is 327 Å². The molecule has 0 bridgehead atoms. The molecule has 0 aliphatic carbocycles. The maximum atomic E-state index is 12.5. The molecule has 79 heavy (non-hydrogen) atoms. The summed E-state index contributed by atoms with van der Waals surface area (Å²) in [7, 11) is 0. The average Bonchev–Trinajstić information content (AvgIpc) is 3.45. The van der Waals surface area contributed by atoms with Crippen LogP contribution in [0.3, 0.4) is 0 Å². The Morgan fingerprint density at radius 3 is 0.962 bits per heavy atom. The van der Waals surface area contributed by atoms with E-state index in [-0.39, 0.29) is 18.5 Å². The van der Waals surface area contributed by atoms with E-state index < -0.39 is 12.1 Å². The SMILES string of the molecule is CCCCCCCCCCCCCCCCCCCC(O)C(CO)NC(=O)CCCCCCCCCCCCCCCCC/C=C\C/C=C\CCCCCCCCCCCOC(=O)CCCCCCCCCCCCCCCC. The van der Waals surface area contributed by atoms with Gasteiger partial charge in [0.05, 0.1) is 25.4 Å². The van der Waals surface area contributed by atoms with Crippen molar-refractivity contribution in [2.75, 3.05) is 13.2 Å². The molecule has 6 nitrogen and oxygen atoms in total. The highest BCUT2D eigenvalue weighted by atomic mass is 16.5. The minimum absolute atomic E-state index is 0.0162. The number of unbranched alkanes of at least 4 members (excludes halogenated alkanes) is 53. The van der Waals surface area contributed by atoms with Crippen molar-refractivity contribution in [2.45, 2.75) is 418 Å². The molecule has 2 unspecified atom stereocenters. The van der Waals surface area contributed by atoms with Gasteiger partial charge >= 0.3 is 5.97 Å². The van der Waals surface area contributed by atoms with Crippen molar-refractivity contribution >= 4 is 11.9 Å². The molecule has 0 radical (unpaired) electrons. The molecular formula is C73H141NO5. The predicted molar refractivity (Wildman–Crippen MR) is 347 cm³/mol. The largest absolute Gasteiger partial charge is 0.466 e. The molecule has 0 rings (SSSR count). The molecule has 468 valence electrons. The van der Waals surface area contributed by atoms with Gasteiger partial charge in [0.25, 0.3) is 0 Å². The lowest BCUT2D eigenvalue weighted by atomic mass is 10.0. The van der Waals surface area contributed by atoms with E-state index in [1.54, 1.807) is 0 Å². The molecule has 0 saturated carbocycles. The van der Waals surface area contributed by atoms with Crippen LogP contribution >= 0.6 is 0 Å². The number of aliphatic hydroxyl groups is 2. The minimum atomic E-state index is -0.664. The zero-order valence-electron chi connectivity index (χ0n) is 53.6. The van der Waals surface area contributed by atoms with Gasteiger partial charge in [-0.2, -0.15) is 0 Å². The first-order valence-corrected chi connectivity index (χ1v) is 36.1. The third kappa shape index (κ3) is 65.4. The van der Waals surface area contributed by atoms with E-state index in [0.29, 0.717) is 25.9 Å². The molecule has 0 aromatic carbocycles. The van der Waals surface area contributed by atoms with Crippen molar-refractivity contribution in [1.29, 1.82) is 0 Å². The molecule has 2 atom stereocenters. The summed E-state index contributed by atoms with van der Waals surface area (Å²) in [5, 5.41) is 23.4. The van der Waals surface area contributed by atoms with Gasteiger partial charge in [0.2, 0.25) is 5.91 Å². The van der Waals surface area contributed by atoms with Crippen LogP contribution in [0.2, 0.25) is 0 Å². The van der Waals surface area contributed by atoms with Gasteiger partial charge in [-0.1, -0.05) is 359 Å². The number of carbonyl (C=O) groups excluding carboxylic acids is 2. The van der Waals surface area contributed by atoms with Crippen LogP contribution in [0.5, 0.6) is 0 Å². The number of ether oxygens (including phenoxy) is 1. The van der Waals surface area contributed by atoms with E-state index in [0.717, 1.165) is 44.9 Å². The number of rotatable bonds is 68. The minimum Gasteiger partial charge on any atom is -0.466 e. The van der Waals surface area contributed by atoms with E-state index in [1.807, 2.05) is 0 Å². The second kappa shape index (κ2) is 68.8. The van der Waals surface area contributed by atoms with Crippen LogP contribution in [0, 0.1) is 0 Å². The first kappa shape index (κ1) is 77.3. The number of hydrogen-bond acceptors (Lipinski definition) is 5. The average molecular weight is 1110 g/mol. The van der Waals surface area contributed by atoms with Gasteiger partial charge in [-0.25, -0.2) is 0 Å².